The third-order valence-electron chi connectivity index (χ3n) is 4.09. The first-order valence-electron chi connectivity index (χ1n) is 7.01. The van der Waals surface area contributed by atoms with E-state index in [0.717, 1.165) is 31.5 Å². The van der Waals surface area contributed by atoms with Crippen molar-refractivity contribution in [2.45, 2.75) is 39.2 Å². The Morgan fingerprint density at radius 1 is 1.21 bits per heavy atom. The Hall–Kier alpha value is -1.35. The highest BCUT2D eigenvalue weighted by atomic mass is 16.4. The first-order chi connectivity index (χ1) is 8.99. The van der Waals surface area contributed by atoms with E-state index in [4.69, 9.17) is 0 Å². The van der Waals surface area contributed by atoms with Crippen molar-refractivity contribution in [2.75, 3.05) is 13.1 Å². The number of nitrogens with zero attached hydrogens (tertiary/aromatic N) is 1. The Morgan fingerprint density at radius 3 is 2.53 bits per heavy atom. The smallest absolute Gasteiger partial charge is 0.325 e. The molecule has 1 aromatic rings. The van der Waals surface area contributed by atoms with E-state index in [-0.39, 0.29) is 0 Å². The van der Waals surface area contributed by atoms with Gasteiger partial charge in [0.15, 0.2) is 0 Å². The van der Waals surface area contributed by atoms with Gasteiger partial charge < -0.3 is 5.11 Å². The Kier molecular flexibility index (Phi) is 4.25. The second-order valence-electron chi connectivity index (χ2n) is 6.21. The molecule has 3 nitrogen and oxygen atoms in total. The Bertz CT molecular complexity index is 428. The van der Waals surface area contributed by atoms with Crippen LogP contribution < -0.4 is 0 Å². The van der Waals surface area contributed by atoms with Crippen LogP contribution in [0, 0.1) is 5.41 Å². The molecule has 0 saturated carbocycles. The predicted molar refractivity (Wildman–Crippen MR) is 76.0 cm³/mol. The zero-order valence-corrected chi connectivity index (χ0v) is 11.8. The summed E-state index contributed by atoms with van der Waals surface area (Å²) in [4.78, 5) is 13.7. The highest BCUT2D eigenvalue weighted by Gasteiger charge is 2.31. The molecule has 1 unspecified atom stereocenters. The molecule has 1 N–H and O–H groups in total. The van der Waals surface area contributed by atoms with E-state index in [9.17, 15) is 9.90 Å². The van der Waals surface area contributed by atoms with Crippen molar-refractivity contribution in [3.8, 4) is 0 Å². The fraction of sp³-hybridized carbons (Fsp3) is 0.562. The van der Waals surface area contributed by atoms with Crippen molar-refractivity contribution in [3.05, 3.63) is 35.9 Å². The van der Waals surface area contributed by atoms with E-state index in [0.29, 0.717) is 5.41 Å². The summed E-state index contributed by atoms with van der Waals surface area (Å²) >= 11 is 0. The summed E-state index contributed by atoms with van der Waals surface area (Å²) in [5, 5.41) is 9.56. The fourth-order valence-electron chi connectivity index (χ4n) is 2.85. The van der Waals surface area contributed by atoms with Crippen molar-refractivity contribution < 1.29 is 9.90 Å². The number of carbonyl (C=O) groups is 1. The van der Waals surface area contributed by atoms with Crippen LogP contribution >= 0.6 is 0 Å². The topological polar surface area (TPSA) is 40.5 Å². The van der Waals surface area contributed by atoms with Gasteiger partial charge in [0, 0.05) is 0 Å². The lowest BCUT2D eigenvalue weighted by Crippen LogP contribution is -2.35. The quantitative estimate of drug-likeness (QED) is 0.907. The second kappa shape index (κ2) is 5.74. The molecule has 2 rings (SSSR count). The third-order valence-corrected chi connectivity index (χ3v) is 4.09. The summed E-state index contributed by atoms with van der Waals surface area (Å²) in [5.74, 6) is -0.745. The number of aliphatic carboxylic acids is 1. The monoisotopic (exact) mass is 261 g/mol. The summed E-state index contributed by atoms with van der Waals surface area (Å²) in [6.07, 6.45) is 3.30. The molecule has 3 heteroatoms. The van der Waals surface area contributed by atoms with E-state index >= 15 is 0 Å². The van der Waals surface area contributed by atoms with E-state index in [1.54, 1.807) is 0 Å². The van der Waals surface area contributed by atoms with Gasteiger partial charge >= 0.3 is 5.97 Å². The Morgan fingerprint density at radius 2 is 1.89 bits per heavy atom. The van der Waals surface area contributed by atoms with E-state index in [1.165, 1.54) is 6.42 Å². The average Bonchev–Trinajstić information content (AvgIpc) is 2.52. The molecule has 1 atom stereocenters. The van der Waals surface area contributed by atoms with Crippen LogP contribution in [0.15, 0.2) is 30.3 Å². The Balaban J connectivity index is 2.18. The van der Waals surface area contributed by atoms with Crippen LogP contribution in [0.5, 0.6) is 0 Å². The molecule has 1 aliphatic rings. The largest absolute Gasteiger partial charge is 0.480 e. The molecular weight excluding hydrogens is 238 g/mol. The van der Waals surface area contributed by atoms with Gasteiger partial charge in [0.25, 0.3) is 0 Å². The van der Waals surface area contributed by atoms with Gasteiger partial charge in [0.05, 0.1) is 0 Å². The van der Waals surface area contributed by atoms with Gasteiger partial charge in [-0.1, -0.05) is 44.2 Å². The molecule has 0 radical (unpaired) electrons. The van der Waals surface area contributed by atoms with E-state index in [2.05, 4.69) is 18.7 Å². The standard InChI is InChI=1S/C16H23NO2/c1-16(2)9-6-11-17(12-10-16)14(15(18)19)13-7-4-3-5-8-13/h3-5,7-8,14H,6,9-12H2,1-2H3,(H,18,19). The highest BCUT2D eigenvalue weighted by molar-refractivity contribution is 5.75. The maximum Gasteiger partial charge on any atom is 0.325 e. The minimum Gasteiger partial charge on any atom is -0.480 e. The lowest BCUT2D eigenvalue weighted by molar-refractivity contribution is -0.143. The van der Waals surface area contributed by atoms with Gasteiger partial charge in [-0.3, -0.25) is 9.69 Å². The van der Waals surface area contributed by atoms with Gasteiger partial charge in [-0.2, -0.15) is 0 Å². The molecule has 0 bridgehead atoms. The van der Waals surface area contributed by atoms with Gasteiger partial charge in [-0.15, -0.1) is 0 Å². The molecule has 0 spiro atoms. The van der Waals surface area contributed by atoms with Gasteiger partial charge in [0.2, 0.25) is 0 Å². The number of carboxylic acid groups (broad SMARTS) is 1. The van der Waals surface area contributed by atoms with Gasteiger partial charge in [-0.05, 0) is 43.3 Å². The van der Waals surface area contributed by atoms with E-state index < -0.39 is 12.0 Å². The SMILES string of the molecule is CC1(C)CCCN(C(C(=O)O)c2ccccc2)CC1. The van der Waals surface area contributed by atoms with Crippen molar-refractivity contribution in [1.82, 2.24) is 4.90 Å². The van der Waals surface area contributed by atoms with Crippen LogP contribution in [-0.4, -0.2) is 29.1 Å². The molecule has 1 aliphatic heterocycles. The van der Waals surface area contributed by atoms with Crippen molar-refractivity contribution in [2.24, 2.45) is 5.41 Å². The summed E-state index contributed by atoms with van der Waals surface area (Å²) < 4.78 is 0. The summed E-state index contributed by atoms with van der Waals surface area (Å²) in [6.45, 7) is 6.28. The molecule has 104 valence electrons. The minimum absolute atomic E-state index is 0.328. The fourth-order valence-corrected chi connectivity index (χ4v) is 2.85. The molecular formula is C16H23NO2. The number of hydrogen-bond acceptors (Lipinski definition) is 2. The van der Waals surface area contributed by atoms with Crippen LogP contribution in [0.2, 0.25) is 0 Å². The molecule has 0 aromatic heterocycles. The third kappa shape index (κ3) is 3.57. The summed E-state index contributed by atoms with van der Waals surface area (Å²) in [6, 6.07) is 9.06. The first kappa shape index (κ1) is 14.1. The maximum absolute atomic E-state index is 11.6. The van der Waals surface area contributed by atoms with Crippen LogP contribution in [-0.2, 0) is 4.79 Å². The van der Waals surface area contributed by atoms with E-state index in [1.807, 2.05) is 30.3 Å². The molecule has 19 heavy (non-hydrogen) atoms. The van der Waals surface area contributed by atoms with Crippen molar-refractivity contribution in [1.29, 1.82) is 0 Å². The molecule has 0 aliphatic carbocycles. The zero-order valence-electron chi connectivity index (χ0n) is 11.8. The van der Waals surface area contributed by atoms with Crippen LogP contribution in [0.1, 0.15) is 44.7 Å². The van der Waals surface area contributed by atoms with Crippen LogP contribution in [0.3, 0.4) is 0 Å². The molecule has 1 heterocycles. The molecule has 1 saturated heterocycles. The number of likely N-dealkylation sites (tertiary alicyclic amines) is 1. The first-order valence-corrected chi connectivity index (χ1v) is 7.01. The number of rotatable bonds is 3. The minimum atomic E-state index is -0.745. The summed E-state index contributed by atoms with van der Waals surface area (Å²) in [5.41, 5.74) is 1.21. The Labute approximate surface area is 115 Å². The zero-order chi connectivity index (χ0) is 13.9. The van der Waals surface area contributed by atoms with Gasteiger partial charge in [0.1, 0.15) is 6.04 Å². The normalized spacial score (nSPS) is 21.6. The van der Waals surface area contributed by atoms with Crippen LogP contribution in [0.25, 0.3) is 0 Å². The highest BCUT2D eigenvalue weighted by Crippen LogP contribution is 2.33. The molecule has 1 fully saturated rings. The number of benzene rings is 1. The second-order valence-corrected chi connectivity index (χ2v) is 6.21. The van der Waals surface area contributed by atoms with Crippen molar-refractivity contribution >= 4 is 5.97 Å². The molecule has 0 amide bonds. The van der Waals surface area contributed by atoms with Gasteiger partial charge in [-0.25, -0.2) is 0 Å². The number of hydrogen-bond donors (Lipinski definition) is 1. The lowest BCUT2D eigenvalue weighted by Gasteiger charge is -2.28. The maximum atomic E-state index is 11.6. The summed E-state index contributed by atoms with van der Waals surface area (Å²) in [7, 11) is 0. The van der Waals surface area contributed by atoms with Crippen molar-refractivity contribution in [3.63, 3.8) is 0 Å². The lowest BCUT2D eigenvalue weighted by atomic mass is 9.85. The predicted octanol–water partition coefficient (Wildman–Crippen LogP) is 3.32. The van der Waals surface area contributed by atoms with Crippen LogP contribution in [0.4, 0.5) is 0 Å². The number of carboxylic acids is 1. The average molecular weight is 261 g/mol. The molecule has 1 aromatic carbocycles.